The zero-order valence-corrected chi connectivity index (χ0v) is 29.4. The number of fused-ring (bicyclic) bond motifs is 11. The van der Waals surface area contributed by atoms with Crippen molar-refractivity contribution in [2.45, 2.75) is 0 Å². The number of anilines is 4. The fraction of sp³-hybridized carbons (Fsp3) is 0.0208. The highest BCUT2D eigenvalue weighted by atomic mass is 16.5. The molecule has 7 nitrogen and oxygen atoms in total. The average molecular weight is 711 g/mol. The van der Waals surface area contributed by atoms with E-state index in [0.717, 1.165) is 88.7 Å². The summed E-state index contributed by atoms with van der Waals surface area (Å²) < 4.78 is 22.4. The van der Waals surface area contributed by atoms with Crippen molar-refractivity contribution in [2.75, 3.05) is 16.5 Å². The van der Waals surface area contributed by atoms with Gasteiger partial charge in [0.1, 0.15) is 35.0 Å². The topological polar surface area (TPSA) is 59.8 Å². The van der Waals surface area contributed by atoms with Crippen LogP contribution in [0.15, 0.2) is 179 Å². The quantitative estimate of drug-likeness (QED) is 0.177. The number of hydrogen-bond acceptors (Lipinski definition) is 6. The van der Waals surface area contributed by atoms with Crippen LogP contribution in [-0.2, 0) is 0 Å². The van der Waals surface area contributed by atoms with Gasteiger partial charge >= 0.3 is 0 Å². The second kappa shape index (κ2) is 11.5. The molecule has 4 aromatic heterocycles. The SMILES string of the molecule is c1ccc(N2CN(c3cc(Oc4ccc5c6ccccc6n(-c6ccccn6)c5c4)c4oc5c(ccc6oc7ccccc7c65)c4c3)c3ccccc32)cc1. The highest BCUT2D eigenvalue weighted by Gasteiger charge is 2.30. The number of para-hydroxylation sites is 5. The van der Waals surface area contributed by atoms with Crippen LogP contribution in [0.3, 0.4) is 0 Å². The summed E-state index contributed by atoms with van der Waals surface area (Å²) in [6.45, 7) is 0.636. The lowest BCUT2D eigenvalue weighted by atomic mass is 10.1. The standard InChI is InChI=1S/C48H30N4O3/c1-2-12-30(13-3-1)50-29-51(40-18-8-7-17-39(40)50)31-26-37-35-23-24-43-46(36-15-5-9-19-42(36)54-43)48(35)55-47(37)44(27-31)53-32-21-22-34-33-14-4-6-16-38(33)52(41(34)28-32)45-20-10-11-25-49-45/h1-28H,29H2. The summed E-state index contributed by atoms with van der Waals surface area (Å²) in [4.78, 5) is 9.43. The van der Waals surface area contributed by atoms with Gasteiger partial charge in [0.05, 0.1) is 27.8 Å². The zero-order chi connectivity index (χ0) is 36.0. The number of ether oxygens (including phenoxy) is 1. The molecule has 0 bridgehead atoms. The minimum atomic E-state index is 0.625. The van der Waals surface area contributed by atoms with Gasteiger partial charge in [0.2, 0.25) is 0 Å². The Morgan fingerprint density at radius 2 is 1.22 bits per heavy atom. The van der Waals surface area contributed by atoms with Crippen LogP contribution >= 0.6 is 0 Å². The van der Waals surface area contributed by atoms with E-state index in [9.17, 15) is 0 Å². The van der Waals surface area contributed by atoms with E-state index in [0.29, 0.717) is 23.8 Å². The van der Waals surface area contributed by atoms with E-state index < -0.39 is 0 Å². The number of rotatable bonds is 5. The Balaban J connectivity index is 1.08. The van der Waals surface area contributed by atoms with Crippen LogP contribution in [0.2, 0.25) is 0 Å². The van der Waals surface area contributed by atoms with Gasteiger partial charge in [0.15, 0.2) is 11.3 Å². The van der Waals surface area contributed by atoms with E-state index in [2.05, 4.69) is 130 Å². The van der Waals surface area contributed by atoms with Crippen molar-refractivity contribution in [1.29, 1.82) is 0 Å². The smallest absolute Gasteiger partial charge is 0.178 e. The molecule has 0 radical (unpaired) electrons. The van der Waals surface area contributed by atoms with Gasteiger partial charge in [-0.25, -0.2) is 4.98 Å². The van der Waals surface area contributed by atoms with E-state index in [1.54, 1.807) is 0 Å². The zero-order valence-electron chi connectivity index (χ0n) is 29.4. The van der Waals surface area contributed by atoms with Crippen LogP contribution in [0.1, 0.15) is 0 Å². The first kappa shape index (κ1) is 30.0. The Hall–Kier alpha value is -7.51. The van der Waals surface area contributed by atoms with Gasteiger partial charge in [-0.2, -0.15) is 0 Å². The molecule has 0 atom stereocenters. The molecule has 0 saturated carbocycles. The van der Waals surface area contributed by atoms with E-state index in [1.165, 1.54) is 0 Å². The van der Waals surface area contributed by atoms with Crippen molar-refractivity contribution in [3.63, 3.8) is 0 Å². The summed E-state index contributed by atoms with van der Waals surface area (Å²) in [6.07, 6.45) is 1.83. The molecular weight excluding hydrogens is 681 g/mol. The normalized spacial score (nSPS) is 12.9. The molecule has 0 saturated heterocycles. The molecule has 11 aromatic rings. The van der Waals surface area contributed by atoms with Crippen LogP contribution in [0.4, 0.5) is 22.7 Å². The average Bonchev–Trinajstić information content (AvgIpc) is 4.00. The van der Waals surface area contributed by atoms with Crippen LogP contribution in [0.25, 0.3) is 71.5 Å². The maximum absolute atomic E-state index is 7.01. The molecule has 0 N–H and O–H groups in total. The predicted molar refractivity (Wildman–Crippen MR) is 222 cm³/mol. The first-order valence-electron chi connectivity index (χ1n) is 18.4. The van der Waals surface area contributed by atoms with E-state index in [1.807, 2.05) is 54.7 Å². The molecule has 55 heavy (non-hydrogen) atoms. The van der Waals surface area contributed by atoms with Crippen molar-refractivity contribution >= 4 is 88.4 Å². The van der Waals surface area contributed by atoms with E-state index >= 15 is 0 Å². The molecule has 1 aliphatic rings. The number of furan rings is 2. The van der Waals surface area contributed by atoms with Crippen molar-refractivity contribution in [2.24, 2.45) is 0 Å². The van der Waals surface area contributed by atoms with Crippen LogP contribution in [0.5, 0.6) is 11.5 Å². The third-order valence-corrected chi connectivity index (χ3v) is 10.9. The molecule has 0 spiro atoms. The summed E-state index contributed by atoms with van der Waals surface area (Å²) in [5, 5.41) is 6.22. The van der Waals surface area contributed by atoms with Gasteiger partial charge in [-0.05, 0) is 78.9 Å². The Labute approximate surface area is 314 Å². The molecule has 260 valence electrons. The highest BCUT2D eigenvalue weighted by Crippen LogP contribution is 2.49. The molecule has 0 fully saturated rings. The first-order chi connectivity index (χ1) is 27.3. The molecule has 12 rings (SSSR count). The van der Waals surface area contributed by atoms with Gasteiger partial charge < -0.3 is 23.4 Å². The molecule has 7 aromatic carbocycles. The molecule has 7 heteroatoms. The van der Waals surface area contributed by atoms with Crippen molar-refractivity contribution in [1.82, 2.24) is 9.55 Å². The van der Waals surface area contributed by atoms with Crippen LogP contribution in [-0.4, -0.2) is 16.2 Å². The molecule has 0 unspecified atom stereocenters. The fourth-order valence-corrected chi connectivity index (χ4v) is 8.47. The highest BCUT2D eigenvalue weighted by molar-refractivity contribution is 6.23. The van der Waals surface area contributed by atoms with Gasteiger partial charge in [-0.15, -0.1) is 0 Å². The van der Waals surface area contributed by atoms with Gasteiger partial charge in [0.25, 0.3) is 0 Å². The van der Waals surface area contributed by atoms with Crippen LogP contribution < -0.4 is 14.5 Å². The van der Waals surface area contributed by atoms with Crippen molar-refractivity contribution in [3.8, 4) is 17.3 Å². The monoisotopic (exact) mass is 710 g/mol. The number of pyridine rings is 1. The lowest BCUT2D eigenvalue weighted by Crippen LogP contribution is -2.23. The van der Waals surface area contributed by atoms with Gasteiger partial charge in [-0.1, -0.05) is 72.8 Å². The molecule has 0 aliphatic carbocycles. The predicted octanol–water partition coefficient (Wildman–Crippen LogP) is 13.0. The van der Waals surface area contributed by atoms with Crippen molar-refractivity contribution < 1.29 is 13.6 Å². The Bertz CT molecular complexity index is 3290. The third kappa shape index (κ3) is 4.47. The Kier molecular flexibility index (Phi) is 6.27. The lowest BCUT2D eigenvalue weighted by molar-refractivity contribution is 0.477. The van der Waals surface area contributed by atoms with E-state index in [-0.39, 0.29) is 0 Å². The number of nitrogens with zero attached hydrogens (tertiary/aromatic N) is 4. The summed E-state index contributed by atoms with van der Waals surface area (Å²) in [6, 6.07) is 56.4. The van der Waals surface area contributed by atoms with Gasteiger partial charge in [0, 0.05) is 56.6 Å². The molecular formula is C48H30N4O3. The summed E-state index contributed by atoms with van der Waals surface area (Å²) in [5.41, 5.74) is 9.56. The van der Waals surface area contributed by atoms with Crippen LogP contribution in [0, 0.1) is 0 Å². The maximum Gasteiger partial charge on any atom is 0.178 e. The summed E-state index contributed by atoms with van der Waals surface area (Å²) >= 11 is 0. The maximum atomic E-state index is 7.01. The van der Waals surface area contributed by atoms with E-state index in [4.69, 9.17) is 18.6 Å². The summed E-state index contributed by atoms with van der Waals surface area (Å²) in [5.74, 6) is 2.16. The second-order valence-electron chi connectivity index (χ2n) is 14.0. The minimum absolute atomic E-state index is 0.625. The Morgan fingerprint density at radius 3 is 2.07 bits per heavy atom. The largest absolute Gasteiger partial charge is 0.456 e. The number of benzene rings is 7. The third-order valence-electron chi connectivity index (χ3n) is 10.9. The molecule has 0 amide bonds. The second-order valence-corrected chi connectivity index (χ2v) is 14.0. The summed E-state index contributed by atoms with van der Waals surface area (Å²) in [7, 11) is 0. The molecule has 1 aliphatic heterocycles. The fourth-order valence-electron chi connectivity index (χ4n) is 8.47. The minimum Gasteiger partial charge on any atom is -0.456 e. The first-order valence-corrected chi connectivity index (χ1v) is 18.4. The number of hydrogen-bond donors (Lipinski definition) is 0. The van der Waals surface area contributed by atoms with Gasteiger partial charge in [-0.3, -0.25) is 4.57 Å². The van der Waals surface area contributed by atoms with Crippen molar-refractivity contribution in [3.05, 3.63) is 170 Å². The number of aromatic nitrogens is 2. The lowest BCUT2D eigenvalue weighted by Gasteiger charge is -2.22. The molecule has 5 heterocycles. The Morgan fingerprint density at radius 1 is 0.491 bits per heavy atom.